The topological polar surface area (TPSA) is 20.2 Å². The molecule has 0 amide bonds. The third-order valence-corrected chi connectivity index (χ3v) is 4.75. The molecule has 0 aliphatic heterocycles. The summed E-state index contributed by atoms with van der Waals surface area (Å²) in [6, 6.07) is 0. The van der Waals surface area contributed by atoms with Gasteiger partial charge in [0.15, 0.2) is 0 Å². The Morgan fingerprint density at radius 3 is 2.56 bits per heavy atom. The molecular weight excluding hydrogens is 220 g/mol. The van der Waals surface area contributed by atoms with Crippen molar-refractivity contribution in [1.82, 2.24) is 0 Å². The van der Waals surface area contributed by atoms with E-state index in [1.165, 1.54) is 44.1 Å². The van der Waals surface area contributed by atoms with Crippen molar-refractivity contribution >= 4 is 0 Å². The lowest BCUT2D eigenvalue weighted by molar-refractivity contribution is -0.0325. The molecule has 1 saturated carbocycles. The van der Waals surface area contributed by atoms with Gasteiger partial charge < -0.3 is 5.11 Å². The van der Waals surface area contributed by atoms with Crippen molar-refractivity contribution in [2.75, 3.05) is 0 Å². The van der Waals surface area contributed by atoms with E-state index < -0.39 is 5.60 Å². The number of allylic oxidation sites excluding steroid dienone is 1. The zero-order chi connectivity index (χ0) is 13.2. The van der Waals surface area contributed by atoms with Crippen LogP contribution in [0.1, 0.15) is 78.6 Å². The predicted octanol–water partition coefficient (Wildman–Crippen LogP) is 4.84. The fourth-order valence-corrected chi connectivity index (χ4v) is 4.39. The van der Waals surface area contributed by atoms with Gasteiger partial charge in [-0.3, -0.25) is 0 Å². The van der Waals surface area contributed by atoms with Gasteiger partial charge in [-0.15, -0.1) is 0 Å². The molecule has 1 heteroatoms. The highest BCUT2D eigenvalue weighted by Crippen LogP contribution is 2.48. The molecule has 0 aromatic rings. The van der Waals surface area contributed by atoms with Crippen molar-refractivity contribution in [3.05, 3.63) is 11.6 Å². The van der Waals surface area contributed by atoms with E-state index >= 15 is 0 Å². The zero-order valence-electron chi connectivity index (χ0n) is 12.5. The lowest BCUT2D eigenvalue weighted by Crippen LogP contribution is -2.43. The Morgan fingerprint density at radius 1 is 1.11 bits per heavy atom. The Bertz CT molecular complexity index is 316. The summed E-state index contributed by atoms with van der Waals surface area (Å²) < 4.78 is 0. The van der Waals surface area contributed by atoms with Gasteiger partial charge in [-0.25, -0.2) is 0 Å². The van der Waals surface area contributed by atoms with Crippen LogP contribution >= 0.6 is 0 Å². The largest absolute Gasteiger partial charge is 0.385 e. The Balaban J connectivity index is 2.17. The predicted molar refractivity (Wildman–Crippen MR) is 77.5 cm³/mol. The highest BCUT2D eigenvalue weighted by Gasteiger charge is 2.43. The molecule has 0 saturated heterocycles. The lowest BCUT2D eigenvalue weighted by atomic mass is 9.63. The molecule has 0 aromatic heterocycles. The van der Waals surface area contributed by atoms with E-state index in [1.54, 1.807) is 0 Å². The van der Waals surface area contributed by atoms with Gasteiger partial charge >= 0.3 is 0 Å². The van der Waals surface area contributed by atoms with Gasteiger partial charge in [-0.1, -0.05) is 39.7 Å². The molecular formula is C17H30O. The summed E-state index contributed by atoms with van der Waals surface area (Å²) >= 11 is 0. The van der Waals surface area contributed by atoms with Gasteiger partial charge in [0.05, 0.1) is 5.60 Å². The van der Waals surface area contributed by atoms with E-state index in [9.17, 15) is 5.11 Å². The molecule has 2 aliphatic carbocycles. The zero-order valence-corrected chi connectivity index (χ0v) is 12.5. The number of rotatable bonds is 1. The van der Waals surface area contributed by atoms with Crippen LogP contribution in [0.3, 0.4) is 0 Å². The fraction of sp³-hybridized carbons (Fsp3) is 0.882. The van der Waals surface area contributed by atoms with Crippen molar-refractivity contribution in [3.8, 4) is 0 Å². The summed E-state index contributed by atoms with van der Waals surface area (Å²) in [5, 5.41) is 11.2. The first-order chi connectivity index (χ1) is 8.41. The Kier molecular flexibility index (Phi) is 4.21. The van der Waals surface area contributed by atoms with Crippen molar-refractivity contribution in [2.24, 2.45) is 11.3 Å². The molecule has 0 spiro atoms. The van der Waals surface area contributed by atoms with Crippen molar-refractivity contribution in [1.29, 1.82) is 0 Å². The van der Waals surface area contributed by atoms with Gasteiger partial charge in [-0.05, 0) is 61.9 Å². The summed E-state index contributed by atoms with van der Waals surface area (Å²) in [7, 11) is 0. The molecule has 18 heavy (non-hydrogen) atoms. The highest BCUT2D eigenvalue weighted by atomic mass is 16.3. The highest BCUT2D eigenvalue weighted by molar-refractivity contribution is 5.20. The van der Waals surface area contributed by atoms with E-state index in [-0.39, 0.29) is 5.41 Å². The normalized spacial score (nSPS) is 37.6. The maximum absolute atomic E-state index is 11.2. The lowest BCUT2D eigenvalue weighted by Gasteiger charge is -2.46. The molecule has 0 aromatic carbocycles. The Hall–Kier alpha value is -0.300. The molecule has 0 heterocycles. The standard InChI is InChI=1S/C17H30O/c1-14-11-16(2,3)13-17(18,12-14)15-9-7-5-4-6-8-10-15/h9,14,18H,4-8,10-13H2,1-3H3. The van der Waals surface area contributed by atoms with Crippen LogP contribution in [-0.4, -0.2) is 10.7 Å². The van der Waals surface area contributed by atoms with E-state index in [2.05, 4.69) is 26.8 Å². The molecule has 1 fully saturated rings. The smallest absolute Gasteiger partial charge is 0.0864 e. The minimum Gasteiger partial charge on any atom is -0.385 e. The van der Waals surface area contributed by atoms with Crippen LogP contribution < -0.4 is 0 Å². The number of hydrogen-bond donors (Lipinski definition) is 1. The summed E-state index contributed by atoms with van der Waals surface area (Å²) in [5.74, 6) is 0.644. The van der Waals surface area contributed by atoms with Crippen molar-refractivity contribution in [3.63, 3.8) is 0 Å². The van der Waals surface area contributed by atoms with Gasteiger partial charge in [0.1, 0.15) is 0 Å². The summed E-state index contributed by atoms with van der Waals surface area (Å²) in [4.78, 5) is 0. The van der Waals surface area contributed by atoms with Crippen molar-refractivity contribution < 1.29 is 5.11 Å². The Morgan fingerprint density at radius 2 is 1.83 bits per heavy atom. The molecule has 0 radical (unpaired) electrons. The van der Waals surface area contributed by atoms with Gasteiger partial charge in [0.2, 0.25) is 0 Å². The molecule has 2 aliphatic rings. The number of hydrogen-bond acceptors (Lipinski definition) is 1. The van der Waals surface area contributed by atoms with Crippen LogP contribution in [0.25, 0.3) is 0 Å². The average Bonchev–Trinajstić information content (AvgIpc) is 2.10. The molecule has 0 bridgehead atoms. The molecule has 2 rings (SSSR count). The quantitative estimate of drug-likeness (QED) is 0.660. The van der Waals surface area contributed by atoms with Crippen LogP contribution in [0.5, 0.6) is 0 Å². The van der Waals surface area contributed by atoms with E-state index in [0.29, 0.717) is 5.92 Å². The molecule has 2 unspecified atom stereocenters. The van der Waals surface area contributed by atoms with Gasteiger partial charge in [-0.2, -0.15) is 0 Å². The second kappa shape index (κ2) is 5.36. The average molecular weight is 250 g/mol. The van der Waals surface area contributed by atoms with Gasteiger partial charge in [0, 0.05) is 0 Å². The molecule has 1 nitrogen and oxygen atoms in total. The van der Waals surface area contributed by atoms with E-state index in [0.717, 1.165) is 19.3 Å². The maximum atomic E-state index is 11.2. The molecule has 1 N–H and O–H groups in total. The first-order valence-electron chi connectivity index (χ1n) is 7.83. The second-order valence-corrected chi connectivity index (χ2v) is 7.57. The third-order valence-electron chi connectivity index (χ3n) is 4.75. The van der Waals surface area contributed by atoms with Gasteiger partial charge in [0.25, 0.3) is 0 Å². The van der Waals surface area contributed by atoms with Crippen LogP contribution in [0.15, 0.2) is 11.6 Å². The SMILES string of the molecule is CC1CC(C)(C)CC(O)(C2=CCCCCCC2)C1. The molecule has 104 valence electrons. The van der Waals surface area contributed by atoms with Crippen LogP contribution in [-0.2, 0) is 0 Å². The van der Waals surface area contributed by atoms with E-state index in [1.807, 2.05) is 0 Å². The summed E-state index contributed by atoms with van der Waals surface area (Å²) in [6.07, 6.45) is 13.1. The third kappa shape index (κ3) is 3.38. The second-order valence-electron chi connectivity index (χ2n) is 7.57. The minimum absolute atomic E-state index is 0.287. The van der Waals surface area contributed by atoms with Crippen LogP contribution in [0.2, 0.25) is 0 Å². The minimum atomic E-state index is -0.501. The van der Waals surface area contributed by atoms with E-state index in [4.69, 9.17) is 0 Å². The Labute approximate surface area is 113 Å². The first-order valence-corrected chi connectivity index (χ1v) is 7.83. The van der Waals surface area contributed by atoms with Crippen molar-refractivity contribution in [2.45, 2.75) is 84.2 Å². The first kappa shape index (κ1) is 14.1. The maximum Gasteiger partial charge on any atom is 0.0864 e. The summed E-state index contributed by atoms with van der Waals surface area (Å²) in [5.41, 5.74) is 1.15. The molecule has 2 atom stereocenters. The number of aliphatic hydroxyl groups is 1. The van der Waals surface area contributed by atoms with Crippen LogP contribution in [0, 0.1) is 11.3 Å². The van der Waals surface area contributed by atoms with Crippen LogP contribution in [0.4, 0.5) is 0 Å². The monoisotopic (exact) mass is 250 g/mol. The fourth-order valence-electron chi connectivity index (χ4n) is 4.39. The summed E-state index contributed by atoms with van der Waals surface area (Å²) in [6.45, 7) is 6.93.